The average molecular weight is 538 g/mol. The Kier molecular flexibility index (Phi) is 12.3. The topological polar surface area (TPSA) is 145 Å². The van der Waals surface area contributed by atoms with Gasteiger partial charge in [0.15, 0.2) is 0 Å². The third-order valence-corrected chi connectivity index (χ3v) is 6.31. The second-order valence-electron chi connectivity index (χ2n) is 8.92. The van der Waals surface area contributed by atoms with Crippen molar-refractivity contribution in [3.63, 3.8) is 0 Å². The third-order valence-electron chi connectivity index (χ3n) is 6.31. The Hall–Kier alpha value is -3.88. The van der Waals surface area contributed by atoms with Crippen LogP contribution in [0.3, 0.4) is 0 Å². The van der Waals surface area contributed by atoms with Crippen LogP contribution >= 0.6 is 12.4 Å². The zero-order valence-electron chi connectivity index (χ0n) is 21.3. The molecule has 3 aromatic carbocycles. The molecule has 0 saturated carbocycles. The van der Waals surface area contributed by atoms with Gasteiger partial charge in [0.1, 0.15) is 6.04 Å². The molecule has 0 saturated heterocycles. The number of hydrogen-bond donors (Lipinski definition) is 4. The first kappa shape index (κ1) is 30.3. The quantitative estimate of drug-likeness (QED) is 0.265. The van der Waals surface area contributed by atoms with Gasteiger partial charge in [-0.05, 0) is 48.1 Å². The van der Waals surface area contributed by atoms with Crippen LogP contribution in [0.25, 0.3) is 0 Å². The number of nitrogens with one attached hydrogen (secondary N) is 1. The molecule has 0 unspecified atom stereocenters. The minimum Gasteiger partial charge on any atom is -0.368 e. The molecule has 1 atom stereocenters. The summed E-state index contributed by atoms with van der Waals surface area (Å²) in [5.41, 5.74) is 20.3. The standard InChI is InChI=1S/C29H35N5O3.ClH/c30-18-7-12-25(27(31)35)34(19-17-21-13-15-22(16-14-21)20-33-29(32)37)28(36)26(23-8-3-1-4-9-23)24-10-5-2-6-11-24;/h1-6,8-11,13-16,25-26H,7,12,17-20,30H2,(H2,31,35)(H3,32,33,37);1H/t25-;/m1./s1. The Morgan fingerprint density at radius 1 is 0.789 bits per heavy atom. The lowest BCUT2D eigenvalue weighted by Gasteiger charge is -2.33. The maximum absolute atomic E-state index is 14.2. The molecule has 0 heterocycles. The van der Waals surface area contributed by atoms with Crippen molar-refractivity contribution in [2.24, 2.45) is 17.2 Å². The first-order valence-electron chi connectivity index (χ1n) is 12.4. The van der Waals surface area contributed by atoms with Gasteiger partial charge in [-0.15, -0.1) is 12.4 Å². The van der Waals surface area contributed by atoms with E-state index in [0.717, 1.165) is 22.3 Å². The monoisotopic (exact) mass is 537 g/mol. The van der Waals surface area contributed by atoms with E-state index in [-0.39, 0.29) is 18.3 Å². The molecule has 0 aliphatic rings. The molecule has 7 N–H and O–H groups in total. The fraction of sp³-hybridized carbons (Fsp3) is 0.276. The molecule has 9 heteroatoms. The maximum atomic E-state index is 14.2. The van der Waals surface area contributed by atoms with Gasteiger partial charge in [0, 0.05) is 13.1 Å². The lowest BCUT2D eigenvalue weighted by molar-refractivity contribution is -0.140. The number of halogens is 1. The molecule has 4 amide bonds. The molecule has 0 radical (unpaired) electrons. The molecule has 202 valence electrons. The molecule has 3 aromatic rings. The summed E-state index contributed by atoms with van der Waals surface area (Å²) in [5.74, 6) is -1.31. The van der Waals surface area contributed by atoms with E-state index < -0.39 is 23.9 Å². The lowest BCUT2D eigenvalue weighted by atomic mass is 9.89. The Balaban J connectivity index is 0.00000507. The van der Waals surface area contributed by atoms with Crippen LogP contribution in [0.1, 0.15) is 41.0 Å². The normalized spacial score (nSPS) is 11.3. The highest BCUT2D eigenvalue weighted by Gasteiger charge is 2.33. The number of rotatable bonds is 13. The minimum atomic E-state index is -0.773. The number of primary amides is 2. The molecule has 3 rings (SSSR count). The van der Waals surface area contributed by atoms with Gasteiger partial charge >= 0.3 is 6.03 Å². The Morgan fingerprint density at radius 3 is 1.79 bits per heavy atom. The fourth-order valence-corrected chi connectivity index (χ4v) is 4.38. The second kappa shape index (κ2) is 15.4. The summed E-state index contributed by atoms with van der Waals surface area (Å²) in [7, 11) is 0. The highest BCUT2D eigenvalue weighted by atomic mass is 35.5. The van der Waals surface area contributed by atoms with Crippen LogP contribution in [0.15, 0.2) is 84.9 Å². The van der Waals surface area contributed by atoms with Gasteiger partial charge in [-0.2, -0.15) is 0 Å². The van der Waals surface area contributed by atoms with Gasteiger partial charge in [0.25, 0.3) is 0 Å². The summed E-state index contributed by atoms with van der Waals surface area (Å²) < 4.78 is 0. The van der Waals surface area contributed by atoms with Crippen molar-refractivity contribution in [3.05, 3.63) is 107 Å². The van der Waals surface area contributed by atoms with E-state index >= 15 is 0 Å². The molecule has 0 aliphatic carbocycles. The van der Waals surface area contributed by atoms with Crippen molar-refractivity contribution in [2.45, 2.75) is 37.8 Å². The zero-order chi connectivity index (χ0) is 26.6. The molecule has 0 bridgehead atoms. The van der Waals surface area contributed by atoms with Crippen molar-refractivity contribution in [1.29, 1.82) is 0 Å². The van der Waals surface area contributed by atoms with Crippen molar-refractivity contribution < 1.29 is 14.4 Å². The fourth-order valence-electron chi connectivity index (χ4n) is 4.38. The van der Waals surface area contributed by atoms with Gasteiger partial charge < -0.3 is 27.4 Å². The summed E-state index contributed by atoms with van der Waals surface area (Å²) >= 11 is 0. The first-order chi connectivity index (χ1) is 17.9. The molecule has 38 heavy (non-hydrogen) atoms. The Bertz CT molecular complexity index is 1120. The molecular formula is C29H36ClN5O3. The Morgan fingerprint density at radius 2 is 1.32 bits per heavy atom. The zero-order valence-corrected chi connectivity index (χ0v) is 22.1. The number of benzene rings is 3. The first-order valence-corrected chi connectivity index (χ1v) is 12.4. The highest BCUT2D eigenvalue weighted by Crippen LogP contribution is 2.28. The van der Waals surface area contributed by atoms with Gasteiger partial charge in [-0.25, -0.2) is 4.79 Å². The third kappa shape index (κ3) is 8.61. The molecule has 0 aromatic heterocycles. The van der Waals surface area contributed by atoms with Crippen molar-refractivity contribution in [2.75, 3.05) is 13.1 Å². The second-order valence-corrected chi connectivity index (χ2v) is 8.92. The summed E-state index contributed by atoms with van der Waals surface area (Å²) in [6, 6.07) is 25.4. The van der Waals surface area contributed by atoms with Crippen LogP contribution in [0.2, 0.25) is 0 Å². The number of carbonyl (C=O) groups is 3. The number of hydrogen-bond acceptors (Lipinski definition) is 4. The average Bonchev–Trinajstić information content (AvgIpc) is 2.91. The predicted molar refractivity (Wildman–Crippen MR) is 152 cm³/mol. The van der Waals surface area contributed by atoms with E-state index in [1.54, 1.807) is 4.90 Å². The van der Waals surface area contributed by atoms with Crippen molar-refractivity contribution >= 4 is 30.3 Å². The molecule has 8 nitrogen and oxygen atoms in total. The SMILES string of the molecule is Cl.NCCC[C@H](C(N)=O)N(CCc1ccc(CNC(N)=O)cc1)C(=O)C(c1ccccc1)c1ccccc1. The van der Waals surface area contributed by atoms with E-state index in [2.05, 4.69) is 5.32 Å². The Labute approximate surface area is 230 Å². The lowest BCUT2D eigenvalue weighted by Crippen LogP contribution is -2.50. The predicted octanol–water partition coefficient (Wildman–Crippen LogP) is 3.07. The number of nitrogens with two attached hydrogens (primary N) is 3. The molecule has 0 aliphatic heterocycles. The summed E-state index contributed by atoms with van der Waals surface area (Å²) in [5, 5.41) is 2.56. The van der Waals surface area contributed by atoms with Gasteiger partial charge in [-0.3, -0.25) is 9.59 Å². The highest BCUT2D eigenvalue weighted by molar-refractivity contribution is 5.92. The number of carbonyl (C=O) groups excluding carboxylic acids is 3. The van der Waals surface area contributed by atoms with E-state index in [1.807, 2.05) is 84.9 Å². The number of amides is 4. The van der Waals surface area contributed by atoms with E-state index in [1.165, 1.54) is 0 Å². The van der Waals surface area contributed by atoms with Gasteiger partial charge in [-0.1, -0.05) is 84.9 Å². The van der Waals surface area contributed by atoms with Gasteiger partial charge in [0.2, 0.25) is 11.8 Å². The number of urea groups is 1. The van der Waals surface area contributed by atoms with Crippen molar-refractivity contribution in [3.8, 4) is 0 Å². The van der Waals surface area contributed by atoms with Crippen LogP contribution in [0, 0.1) is 0 Å². The van der Waals surface area contributed by atoms with Crippen molar-refractivity contribution in [1.82, 2.24) is 10.2 Å². The van der Waals surface area contributed by atoms with Crippen LogP contribution in [-0.4, -0.2) is 41.9 Å². The van der Waals surface area contributed by atoms with E-state index in [9.17, 15) is 14.4 Å². The molecular weight excluding hydrogens is 502 g/mol. The maximum Gasteiger partial charge on any atom is 0.312 e. The minimum absolute atomic E-state index is 0. The van der Waals surface area contributed by atoms with Crippen LogP contribution in [-0.2, 0) is 22.6 Å². The summed E-state index contributed by atoms with van der Waals surface area (Å²) in [6.45, 7) is 1.04. The van der Waals surface area contributed by atoms with Gasteiger partial charge in [0.05, 0.1) is 5.92 Å². The van der Waals surface area contributed by atoms with E-state index in [4.69, 9.17) is 17.2 Å². The van der Waals surface area contributed by atoms with Crippen LogP contribution in [0.4, 0.5) is 4.79 Å². The van der Waals surface area contributed by atoms with Crippen LogP contribution < -0.4 is 22.5 Å². The largest absolute Gasteiger partial charge is 0.368 e. The smallest absolute Gasteiger partial charge is 0.312 e. The summed E-state index contributed by atoms with van der Waals surface area (Å²) in [4.78, 5) is 39.4. The summed E-state index contributed by atoms with van der Waals surface area (Å²) in [6.07, 6.45) is 1.49. The van der Waals surface area contributed by atoms with Crippen LogP contribution in [0.5, 0.6) is 0 Å². The molecule has 0 spiro atoms. The molecule has 0 fully saturated rings. The van der Waals surface area contributed by atoms with E-state index in [0.29, 0.717) is 38.9 Å². The number of nitrogens with zero attached hydrogens (tertiary/aromatic N) is 1.